The summed E-state index contributed by atoms with van der Waals surface area (Å²) in [6.45, 7) is 1.75. The summed E-state index contributed by atoms with van der Waals surface area (Å²) in [6.07, 6.45) is 0.751. The second-order valence-corrected chi connectivity index (χ2v) is 5.62. The number of amides is 2. The Bertz CT molecular complexity index is 762. The number of halogens is 1. The molecule has 2 rings (SSSR count). The number of methoxy groups -OCH3 is 1. The molecule has 0 aliphatic rings. The van der Waals surface area contributed by atoms with Gasteiger partial charge in [0.15, 0.2) is 0 Å². The fourth-order valence-electron chi connectivity index (χ4n) is 2.39. The minimum absolute atomic E-state index is 0.124. The van der Waals surface area contributed by atoms with Crippen LogP contribution in [0.4, 0.5) is 10.1 Å². The van der Waals surface area contributed by atoms with Crippen molar-refractivity contribution >= 4 is 17.5 Å². The minimum atomic E-state index is -0.304. The summed E-state index contributed by atoms with van der Waals surface area (Å²) in [7, 11) is 1.52. The molecule has 6 heteroatoms. The highest BCUT2D eigenvalue weighted by Gasteiger charge is 2.08. The topological polar surface area (TPSA) is 67.4 Å². The average Bonchev–Trinajstić information content (AvgIpc) is 2.58. The Morgan fingerprint density at radius 1 is 1.12 bits per heavy atom. The first kappa shape index (κ1) is 18.4. The molecule has 0 saturated heterocycles. The Morgan fingerprint density at radius 2 is 1.92 bits per heavy atom. The number of ether oxygens (including phenoxy) is 1. The SMILES string of the molecule is COc1ccc(CNC(=O)CCc2cccc(F)c2)cc1NC(C)=O. The highest BCUT2D eigenvalue weighted by atomic mass is 19.1. The molecule has 0 saturated carbocycles. The van der Waals surface area contributed by atoms with Gasteiger partial charge in [-0.3, -0.25) is 9.59 Å². The van der Waals surface area contributed by atoms with Gasteiger partial charge >= 0.3 is 0 Å². The van der Waals surface area contributed by atoms with Crippen molar-refractivity contribution in [1.29, 1.82) is 0 Å². The van der Waals surface area contributed by atoms with Gasteiger partial charge in [0.2, 0.25) is 11.8 Å². The van der Waals surface area contributed by atoms with E-state index in [1.807, 2.05) is 6.07 Å². The Hall–Kier alpha value is -2.89. The molecule has 0 fully saturated rings. The molecule has 0 unspecified atom stereocenters. The maximum atomic E-state index is 13.1. The van der Waals surface area contributed by atoms with Crippen LogP contribution in [-0.4, -0.2) is 18.9 Å². The molecule has 25 heavy (non-hydrogen) atoms. The van der Waals surface area contributed by atoms with Crippen molar-refractivity contribution in [3.63, 3.8) is 0 Å². The molecule has 2 aromatic carbocycles. The zero-order valence-electron chi connectivity index (χ0n) is 14.3. The van der Waals surface area contributed by atoms with Gasteiger partial charge in [-0.25, -0.2) is 4.39 Å². The van der Waals surface area contributed by atoms with E-state index in [1.165, 1.54) is 26.2 Å². The zero-order chi connectivity index (χ0) is 18.2. The van der Waals surface area contributed by atoms with Crippen LogP contribution in [0.15, 0.2) is 42.5 Å². The maximum absolute atomic E-state index is 13.1. The van der Waals surface area contributed by atoms with Gasteiger partial charge in [-0.15, -0.1) is 0 Å². The van der Waals surface area contributed by atoms with E-state index >= 15 is 0 Å². The van der Waals surface area contributed by atoms with Crippen LogP contribution in [0.1, 0.15) is 24.5 Å². The van der Waals surface area contributed by atoms with Crippen molar-refractivity contribution in [2.75, 3.05) is 12.4 Å². The summed E-state index contributed by atoms with van der Waals surface area (Å²) in [5.41, 5.74) is 2.18. The zero-order valence-corrected chi connectivity index (χ0v) is 14.3. The second-order valence-electron chi connectivity index (χ2n) is 5.62. The van der Waals surface area contributed by atoms with Gasteiger partial charge < -0.3 is 15.4 Å². The van der Waals surface area contributed by atoms with Crippen LogP contribution in [0.2, 0.25) is 0 Å². The number of nitrogens with one attached hydrogen (secondary N) is 2. The molecule has 0 heterocycles. The molecule has 0 aliphatic heterocycles. The van der Waals surface area contributed by atoms with Crippen LogP contribution >= 0.6 is 0 Å². The van der Waals surface area contributed by atoms with E-state index in [0.29, 0.717) is 24.4 Å². The maximum Gasteiger partial charge on any atom is 0.221 e. The van der Waals surface area contributed by atoms with E-state index < -0.39 is 0 Å². The smallest absolute Gasteiger partial charge is 0.221 e. The Balaban J connectivity index is 1.89. The molecule has 0 bridgehead atoms. The quantitative estimate of drug-likeness (QED) is 0.811. The summed E-state index contributed by atoms with van der Waals surface area (Å²) in [5, 5.41) is 5.51. The fourth-order valence-corrected chi connectivity index (χ4v) is 2.39. The number of carbonyl (C=O) groups excluding carboxylic acids is 2. The largest absolute Gasteiger partial charge is 0.495 e. The summed E-state index contributed by atoms with van der Waals surface area (Å²) in [4.78, 5) is 23.2. The molecular formula is C19H21FN2O3. The van der Waals surface area contributed by atoms with Gasteiger partial charge in [0.1, 0.15) is 11.6 Å². The van der Waals surface area contributed by atoms with E-state index in [1.54, 1.807) is 24.3 Å². The molecule has 0 aromatic heterocycles. The predicted molar refractivity (Wildman–Crippen MR) is 93.9 cm³/mol. The van der Waals surface area contributed by atoms with E-state index in [4.69, 9.17) is 4.74 Å². The van der Waals surface area contributed by atoms with Gasteiger partial charge in [0.05, 0.1) is 12.8 Å². The lowest BCUT2D eigenvalue weighted by molar-refractivity contribution is -0.121. The van der Waals surface area contributed by atoms with Crippen molar-refractivity contribution in [1.82, 2.24) is 5.32 Å². The highest BCUT2D eigenvalue weighted by Crippen LogP contribution is 2.25. The third-order valence-electron chi connectivity index (χ3n) is 3.59. The first-order valence-corrected chi connectivity index (χ1v) is 7.93. The third-order valence-corrected chi connectivity index (χ3v) is 3.59. The molecule has 2 N–H and O–H groups in total. The van der Waals surface area contributed by atoms with Crippen molar-refractivity contribution in [3.05, 3.63) is 59.4 Å². The van der Waals surface area contributed by atoms with Crippen molar-refractivity contribution in [2.24, 2.45) is 0 Å². The van der Waals surface area contributed by atoms with Crippen LogP contribution in [-0.2, 0) is 22.6 Å². The summed E-state index contributed by atoms with van der Waals surface area (Å²) in [6, 6.07) is 11.5. The molecule has 2 amide bonds. The lowest BCUT2D eigenvalue weighted by Gasteiger charge is -2.12. The molecule has 5 nitrogen and oxygen atoms in total. The summed E-state index contributed by atoms with van der Waals surface area (Å²) < 4.78 is 18.3. The van der Waals surface area contributed by atoms with Crippen LogP contribution in [0, 0.1) is 5.82 Å². The summed E-state index contributed by atoms with van der Waals surface area (Å²) in [5.74, 6) is -0.0752. The van der Waals surface area contributed by atoms with E-state index in [9.17, 15) is 14.0 Å². The van der Waals surface area contributed by atoms with Gasteiger partial charge in [0, 0.05) is 19.9 Å². The van der Waals surface area contributed by atoms with Gasteiger partial charge in [-0.1, -0.05) is 18.2 Å². The Kier molecular flexibility index (Phi) is 6.51. The number of rotatable bonds is 7. The first-order chi connectivity index (χ1) is 12.0. The van der Waals surface area contributed by atoms with Crippen LogP contribution in [0.5, 0.6) is 5.75 Å². The molecule has 132 valence electrons. The number of benzene rings is 2. The van der Waals surface area contributed by atoms with Crippen LogP contribution in [0.3, 0.4) is 0 Å². The Morgan fingerprint density at radius 3 is 2.60 bits per heavy atom. The summed E-state index contributed by atoms with van der Waals surface area (Å²) >= 11 is 0. The molecular weight excluding hydrogens is 323 g/mol. The normalized spacial score (nSPS) is 10.2. The van der Waals surface area contributed by atoms with E-state index in [0.717, 1.165) is 11.1 Å². The molecule has 0 aliphatic carbocycles. The van der Waals surface area contributed by atoms with Crippen LogP contribution in [0.25, 0.3) is 0 Å². The van der Waals surface area contributed by atoms with E-state index in [2.05, 4.69) is 10.6 Å². The molecule has 0 spiro atoms. The number of hydrogen-bond acceptors (Lipinski definition) is 3. The number of carbonyl (C=O) groups is 2. The van der Waals surface area contributed by atoms with Gasteiger partial charge in [-0.05, 0) is 41.8 Å². The average molecular weight is 344 g/mol. The molecule has 2 aromatic rings. The lowest BCUT2D eigenvalue weighted by atomic mass is 10.1. The van der Waals surface area contributed by atoms with Crippen molar-refractivity contribution in [3.8, 4) is 5.75 Å². The van der Waals surface area contributed by atoms with Crippen molar-refractivity contribution < 1.29 is 18.7 Å². The molecule has 0 atom stereocenters. The predicted octanol–water partition coefficient (Wildman–Crippen LogP) is 3.04. The fraction of sp³-hybridized carbons (Fsp3) is 0.263. The van der Waals surface area contributed by atoms with Crippen LogP contribution < -0.4 is 15.4 Å². The third kappa shape index (κ3) is 5.91. The highest BCUT2D eigenvalue weighted by molar-refractivity contribution is 5.90. The second kappa shape index (κ2) is 8.82. The standard InChI is InChI=1S/C19H21FN2O3/c1-13(23)22-17-11-15(6-8-18(17)25-2)12-21-19(24)9-7-14-4-3-5-16(20)10-14/h3-6,8,10-11H,7,9,12H2,1-2H3,(H,21,24)(H,22,23). The molecule has 0 radical (unpaired) electrons. The van der Waals surface area contributed by atoms with Gasteiger partial charge in [0.25, 0.3) is 0 Å². The lowest BCUT2D eigenvalue weighted by Crippen LogP contribution is -2.23. The van der Waals surface area contributed by atoms with Crippen molar-refractivity contribution in [2.45, 2.75) is 26.3 Å². The number of anilines is 1. The number of aryl methyl sites for hydroxylation is 1. The Labute approximate surface area is 146 Å². The minimum Gasteiger partial charge on any atom is -0.495 e. The number of hydrogen-bond donors (Lipinski definition) is 2. The van der Waals surface area contributed by atoms with E-state index in [-0.39, 0.29) is 24.1 Å². The monoisotopic (exact) mass is 344 g/mol. The van der Waals surface area contributed by atoms with Gasteiger partial charge in [-0.2, -0.15) is 0 Å². The first-order valence-electron chi connectivity index (χ1n) is 7.93.